The van der Waals surface area contributed by atoms with Crippen LogP contribution < -0.4 is 10.1 Å². The van der Waals surface area contributed by atoms with Gasteiger partial charge in [0, 0.05) is 11.5 Å². The number of alkyl halides is 3. The number of ether oxygens (including phenoxy) is 2. The van der Waals surface area contributed by atoms with Crippen LogP contribution in [-0.2, 0) is 10.9 Å². The van der Waals surface area contributed by atoms with Gasteiger partial charge in [-0.3, -0.25) is 0 Å². The van der Waals surface area contributed by atoms with E-state index >= 15 is 0 Å². The number of benzene rings is 2. The van der Waals surface area contributed by atoms with Gasteiger partial charge in [0.25, 0.3) is 0 Å². The van der Waals surface area contributed by atoms with Gasteiger partial charge in [-0.15, -0.1) is 0 Å². The Morgan fingerprint density at radius 2 is 1.93 bits per heavy atom. The van der Waals surface area contributed by atoms with E-state index < -0.39 is 17.3 Å². The molecule has 2 heterocycles. The van der Waals surface area contributed by atoms with Crippen molar-refractivity contribution in [3.05, 3.63) is 65.2 Å². The van der Waals surface area contributed by atoms with Gasteiger partial charge in [0.15, 0.2) is 0 Å². The molecule has 2 fully saturated rings. The lowest BCUT2D eigenvalue weighted by molar-refractivity contribution is -0.137. The lowest BCUT2D eigenvalue weighted by Gasteiger charge is -2.41. The van der Waals surface area contributed by atoms with E-state index in [9.17, 15) is 13.2 Å². The van der Waals surface area contributed by atoms with Crippen molar-refractivity contribution in [3.8, 4) is 5.75 Å². The molecule has 2 aromatic carbocycles. The van der Waals surface area contributed by atoms with E-state index in [0.29, 0.717) is 24.3 Å². The molecule has 0 saturated carbocycles. The minimum Gasteiger partial charge on any atom is -0.496 e. The van der Waals surface area contributed by atoms with Crippen LogP contribution >= 0.6 is 0 Å². The van der Waals surface area contributed by atoms with Crippen LogP contribution in [-0.4, -0.2) is 25.9 Å². The smallest absolute Gasteiger partial charge is 0.416 e. The molecule has 2 aliphatic heterocycles. The minimum absolute atomic E-state index is 0.0317. The normalized spacial score (nSPS) is 27.9. The molecule has 6 heteroatoms. The third kappa shape index (κ3) is 3.51. The van der Waals surface area contributed by atoms with Gasteiger partial charge in [-0.25, -0.2) is 0 Å². The van der Waals surface area contributed by atoms with Crippen LogP contribution in [0.2, 0.25) is 0 Å². The lowest BCUT2D eigenvalue weighted by Crippen LogP contribution is -2.48. The second kappa shape index (κ2) is 7.41. The van der Waals surface area contributed by atoms with E-state index in [1.54, 1.807) is 0 Å². The molecule has 1 N–H and O–H groups in total. The van der Waals surface area contributed by atoms with Gasteiger partial charge in [-0.2, -0.15) is 13.2 Å². The maximum atomic E-state index is 13.2. The van der Waals surface area contributed by atoms with Crippen molar-refractivity contribution in [2.75, 3.05) is 20.3 Å². The Kier molecular flexibility index (Phi) is 5.10. The first-order chi connectivity index (χ1) is 13.4. The summed E-state index contributed by atoms with van der Waals surface area (Å²) < 4.78 is 51.4. The summed E-state index contributed by atoms with van der Waals surface area (Å²) in [5, 5.41) is 3.57. The summed E-state index contributed by atoms with van der Waals surface area (Å²) in [6.07, 6.45) is -1.85. The Hall–Kier alpha value is -2.05. The second-order valence-electron chi connectivity index (χ2n) is 7.63. The molecule has 0 aromatic heterocycles. The first-order valence-corrected chi connectivity index (χ1v) is 9.60. The number of rotatable bonds is 3. The van der Waals surface area contributed by atoms with E-state index in [1.807, 2.05) is 18.2 Å². The number of methoxy groups -OCH3 is 1. The summed E-state index contributed by atoms with van der Waals surface area (Å²) >= 11 is 0. The Morgan fingerprint density at radius 1 is 1.14 bits per heavy atom. The molecule has 2 aromatic rings. The topological polar surface area (TPSA) is 30.5 Å². The first kappa shape index (κ1) is 19.3. The third-order valence-corrected chi connectivity index (χ3v) is 5.94. The van der Waals surface area contributed by atoms with E-state index in [2.05, 4.69) is 17.4 Å². The van der Waals surface area contributed by atoms with Crippen molar-refractivity contribution in [2.45, 2.75) is 43.0 Å². The molecule has 0 radical (unpaired) electrons. The van der Waals surface area contributed by atoms with Crippen LogP contribution in [0.5, 0.6) is 5.75 Å². The SMILES string of the molecule is COc1ccc(C(F)(F)F)cc1[C@@H]1CO[C@]2(CCCN[C@H]2c2ccccc2)C1. The van der Waals surface area contributed by atoms with Gasteiger partial charge in [0.05, 0.1) is 30.9 Å². The zero-order chi connectivity index (χ0) is 19.8. The third-order valence-electron chi connectivity index (χ3n) is 5.94. The Labute approximate surface area is 162 Å². The Morgan fingerprint density at radius 3 is 2.64 bits per heavy atom. The van der Waals surface area contributed by atoms with Crippen LogP contribution in [0, 0.1) is 0 Å². The molecule has 28 heavy (non-hydrogen) atoms. The van der Waals surface area contributed by atoms with Crippen molar-refractivity contribution >= 4 is 0 Å². The fourth-order valence-electron chi connectivity index (χ4n) is 4.64. The quantitative estimate of drug-likeness (QED) is 0.791. The number of hydrogen-bond donors (Lipinski definition) is 1. The predicted octanol–water partition coefficient (Wildman–Crippen LogP) is 5.08. The van der Waals surface area contributed by atoms with Gasteiger partial charge < -0.3 is 14.8 Å². The summed E-state index contributed by atoms with van der Waals surface area (Å²) in [5.74, 6) is 0.349. The Balaban J connectivity index is 1.66. The maximum absolute atomic E-state index is 13.2. The molecule has 0 amide bonds. The summed E-state index contributed by atoms with van der Waals surface area (Å²) in [6, 6.07) is 13.9. The molecule has 0 unspecified atom stereocenters. The van der Waals surface area contributed by atoms with Crippen LogP contribution in [0.4, 0.5) is 13.2 Å². The molecule has 3 nitrogen and oxygen atoms in total. The first-order valence-electron chi connectivity index (χ1n) is 9.60. The van der Waals surface area contributed by atoms with Crippen molar-refractivity contribution in [3.63, 3.8) is 0 Å². The lowest BCUT2D eigenvalue weighted by atomic mass is 9.76. The molecule has 0 aliphatic carbocycles. The number of halogens is 3. The van der Waals surface area contributed by atoms with Gasteiger partial charge in [-0.1, -0.05) is 30.3 Å². The van der Waals surface area contributed by atoms with Crippen molar-refractivity contribution in [1.29, 1.82) is 0 Å². The minimum atomic E-state index is -4.38. The molecule has 150 valence electrons. The van der Waals surface area contributed by atoms with Crippen molar-refractivity contribution < 1.29 is 22.6 Å². The molecular weight excluding hydrogens is 367 g/mol. The molecule has 3 atom stereocenters. The predicted molar refractivity (Wildman–Crippen MR) is 100 cm³/mol. The number of piperidine rings is 1. The summed E-state index contributed by atoms with van der Waals surface area (Å²) in [5.41, 5.74) is 0.667. The molecule has 0 bridgehead atoms. The zero-order valence-electron chi connectivity index (χ0n) is 15.8. The molecular formula is C22H24F3NO2. The molecule has 2 aliphatic rings. The molecule has 2 saturated heterocycles. The van der Waals surface area contributed by atoms with Crippen LogP contribution in [0.15, 0.2) is 48.5 Å². The van der Waals surface area contributed by atoms with E-state index in [1.165, 1.54) is 19.2 Å². The van der Waals surface area contributed by atoms with Crippen molar-refractivity contribution in [1.82, 2.24) is 5.32 Å². The van der Waals surface area contributed by atoms with Crippen molar-refractivity contribution in [2.24, 2.45) is 0 Å². The van der Waals surface area contributed by atoms with Gasteiger partial charge in [0.2, 0.25) is 0 Å². The van der Waals surface area contributed by atoms with Gasteiger partial charge in [0.1, 0.15) is 5.75 Å². The molecule has 4 rings (SSSR count). The average molecular weight is 391 g/mol. The Bertz CT molecular complexity index is 824. The summed E-state index contributed by atoms with van der Waals surface area (Å²) in [4.78, 5) is 0. The van der Waals surface area contributed by atoms with E-state index in [-0.39, 0.29) is 12.0 Å². The van der Waals surface area contributed by atoms with Crippen LogP contribution in [0.1, 0.15) is 47.9 Å². The van der Waals surface area contributed by atoms with E-state index in [4.69, 9.17) is 9.47 Å². The summed E-state index contributed by atoms with van der Waals surface area (Å²) in [6.45, 7) is 1.30. The number of nitrogens with one attached hydrogen (secondary N) is 1. The zero-order valence-corrected chi connectivity index (χ0v) is 15.8. The fraction of sp³-hybridized carbons (Fsp3) is 0.455. The summed E-state index contributed by atoms with van der Waals surface area (Å²) in [7, 11) is 1.49. The highest BCUT2D eigenvalue weighted by Gasteiger charge is 2.49. The van der Waals surface area contributed by atoms with E-state index in [0.717, 1.165) is 31.0 Å². The van der Waals surface area contributed by atoms with Gasteiger partial charge in [-0.05, 0) is 49.6 Å². The van der Waals surface area contributed by atoms with Crippen LogP contribution in [0.25, 0.3) is 0 Å². The highest BCUT2D eigenvalue weighted by atomic mass is 19.4. The number of hydrogen-bond acceptors (Lipinski definition) is 3. The molecule has 1 spiro atoms. The highest BCUT2D eigenvalue weighted by molar-refractivity contribution is 5.42. The monoisotopic (exact) mass is 391 g/mol. The average Bonchev–Trinajstić information content (AvgIpc) is 3.12. The van der Waals surface area contributed by atoms with Gasteiger partial charge >= 0.3 is 6.18 Å². The largest absolute Gasteiger partial charge is 0.496 e. The van der Waals surface area contributed by atoms with Crippen LogP contribution in [0.3, 0.4) is 0 Å². The standard InChI is InChI=1S/C22H24F3NO2/c1-27-19-9-8-17(22(23,24)25)12-18(19)16-13-21(28-14-16)10-5-11-26-20(21)15-6-3-2-4-7-15/h2-4,6-9,12,16,20,26H,5,10-11,13-14H2,1H3/t16-,20-,21+/m0/s1. The highest BCUT2D eigenvalue weighted by Crippen LogP contribution is 2.50. The fourth-order valence-corrected chi connectivity index (χ4v) is 4.64. The second-order valence-corrected chi connectivity index (χ2v) is 7.63. The maximum Gasteiger partial charge on any atom is 0.416 e.